The summed E-state index contributed by atoms with van der Waals surface area (Å²) >= 11 is 12.5. The van der Waals surface area contributed by atoms with Gasteiger partial charge in [-0.05, 0) is 101 Å². The predicted octanol–water partition coefficient (Wildman–Crippen LogP) is 6.82. The Morgan fingerprint density at radius 2 is 1.77 bits per heavy atom. The summed E-state index contributed by atoms with van der Waals surface area (Å²) in [6, 6.07) is 9.10. The topological polar surface area (TPSA) is 165 Å². The molecule has 2 saturated heterocycles. The number of ether oxygens (including phenoxy) is 1. The summed E-state index contributed by atoms with van der Waals surface area (Å²) in [7, 11) is 0. The van der Waals surface area contributed by atoms with E-state index in [2.05, 4.69) is 20.5 Å². The number of rotatable bonds is 10. The second-order valence-electron chi connectivity index (χ2n) is 15.5. The number of imide groups is 2. The van der Waals surface area contributed by atoms with Crippen LogP contribution < -0.4 is 21.1 Å². The summed E-state index contributed by atoms with van der Waals surface area (Å²) in [5, 5.41) is 10.7. The van der Waals surface area contributed by atoms with Crippen molar-refractivity contribution >= 4 is 58.3 Å². The second-order valence-corrected chi connectivity index (χ2v) is 16.2. The summed E-state index contributed by atoms with van der Waals surface area (Å²) in [4.78, 5) is 58.4. The molecule has 1 aliphatic carbocycles. The van der Waals surface area contributed by atoms with Crippen LogP contribution in [0.15, 0.2) is 55.0 Å². The first kappa shape index (κ1) is 38.8. The molecule has 4 N–H and O–H groups in total. The number of hydrogen-bond acceptors (Lipinski definition) is 10. The average molecular weight is 818 g/mol. The first-order valence-electron chi connectivity index (χ1n) is 19.4. The van der Waals surface area contributed by atoms with E-state index in [1.165, 1.54) is 12.1 Å². The molecule has 2 aromatic carbocycles. The van der Waals surface area contributed by atoms with Gasteiger partial charge >= 0.3 is 0 Å². The fourth-order valence-electron chi connectivity index (χ4n) is 8.65. The largest absolute Gasteiger partial charge is 0.482 e. The molecule has 0 radical (unpaired) electrons. The van der Waals surface area contributed by atoms with Crippen molar-refractivity contribution in [1.82, 2.24) is 29.9 Å². The number of aromatic nitrogens is 3. The van der Waals surface area contributed by atoms with E-state index in [0.29, 0.717) is 22.3 Å². The number of pyridine rings is 1. The van der Waals surface area contributed by atoms with Gasteiger partial charge in [0.1, 0.15) is 18.0 Å². The van der Waals surface area contributed by atoms with E-state index in [4.69, 9.17) is 38.8 Å². The highest BCUT2D eigenvalue weighted by Gasteiger charge is 2.44. The highest BCUT2D eigenvalue weighted by molar-refractivity contribution is 6.36. The molecule has 0 spiro atoms. The summed E-state index contributed by atoms with van der Waals surface area (Å²) in [6.07, 6.45) is 11.3. The minimum Gasteiger partial charge on any atom is -0.482 e. The van der Waals surface area contributed by atoms with Gasteiger partial charge in [0, 0.05) is 65.3 Å². The number of benzene rings is 2. The van der Waals surface area contributed by atoms with Crippen LogP contribution in [-0.2, 0) is 9.59 Å². The number of likely N-dealkylation sites (tertiary alicyclic amines) is 1. The number of nitrogens with zero attached hydrogens (tertiary/aromatic N) is 5. The van der Waals surface area contributed by atoms with Crippen LogP contribution in [0.5, 0.6) is 5.75 Å². The Bertz CT molecular complexity index is 2240. The van der Waals surface area contributed by atoms with Crippen LogP contribution in [0, 0.1) is 11.7 Å². The maximum absolute atomic E-state index is 14.2. The van der Waals surface area contributed by atoms with Crippen LogP contribution in [0.1, 0.15) is 96.7 Å². The molecule has 8 rings (SSSR count). The van der Waals surface area contributed by atoms with E-state index in [1.54, 1.807) is 31.3 Å². The van der Waals surface area contributed by atoms with E-state index in [0.717, 1.165) is 79.9 Å². The van der Waals surface area contributed by atoms with Crippen LogP contribution in [-0.4, -0.2) is 79.9 Å². The average Bonchev–Trinajstić information content (AvgIpc) is 3.77. The number of piperidine rings is 2. The first-order chi connectivity index (χ1) is 27.4. The molecular formula is C41H43Cl2FN8O5. The van der Waals surface area contributed by atoms with Crippen molar-refractivity contribution < 1.29 is 28.3 Å². The van der Waals surface area contributed by atoms with Gasteiger partial charge in [-0.3, -0.25) is 34.1 Å². The molecule has 298 valence electrons. The Balaban J connectivity index is 0.837. The summed E-state index contributed by atoms with van der Waals surface area (Å²) in [5.74, 6) is -1.53. The zero-order valence-corrected chi connectivity index (χ0v) is 32.9. The first-order valence-corrected chi connectivity index (χ1v) is 20.1. The zero-order chi connectivity index (χ0) is 40.0. The SMILES string of the molecule is CC(Oc1cc(-c2cnn(C3CCC(CN4CCC[C@H](Nc5ccc6c(c5)C(=O)N(C5CCC(=O)NC5=O)C6=O)C4)CC3)c2)cnc1N)c1c(Cl)ccc(F)c1Cl. The van der Waals surface area contributed by atoms with Crippen LogP contribution in [0.4, 0.5) is 15.9 Å². The van der Waals surface area contributed by atoms with Crippen LogP contribution in [0.25, 0.3) is 11.1 Å². The fraction of sp³-hybridized carbons (Fsp3) is 0.415. The number of carbonyl (C=O) groups is 4. The molecule has 3 atom stereocenters. The van der Waals surface area contributed by atoms with E-state index < -0.39 is 41.6 Å². The molecule has 13 nitrogen and oxygen atoms in total. The number of carbonyl (C=O) groups excluding carboxylic acids is 4. The Morgan fingerprint density at radius 3 is 2.56 bits per heavy atom. The Labute approximate surface area is 339 Å². The van der Waals surface area contributed by atoms with Gasteiger partial charge in [0.2, 0.25) is 11.8 Å². The quantitative estimate of drug-likeness (QED) is 0.114. The maximum Gasteiger partial charge on any atom is 0.262 e. The molecule has 2 aromatic heterocycles. The predicted molar refractivity (Wildman–Crippen MR) is 213 cm³/mol. The molecule has 1 saturated carbocycles. The number of nitrogen functional groups attached to an aromatic ring is 1. The van der Waals surface area contributed by atoms with Crippen molar-refractivity contribution in [3.63, 3.8) is 0 Å². The highest BCUT2D eigenvalue weighted by atomic mass is 35.5. The third-order valence-electron chi connectivity index (χ3n) is 11.6. The van der Waals surface area contributed by atoms with Crippen molar-refractivity contribution in [2.45, 2.75) is 82.5 Å². The Morgan fingerprint density at radius 1 is 0.982 bits per heavy atom. The molecule has 16 heteroatoms. The Hall–Kier alpha value is -5.05. The lowest BCUT2D eigenvalue weighted by molar-refractivity contribution is -0.136. The monoisotopic (exact) mass is 816 g/mol. The third-order valence-corrected chi connectivity index (χ3v) is 12.3. The molecule has 4 amide bonds. The molecule has 4 aliphatic rings. The molecule has 3 fully saturated rings. The summed E-state index contributed by atoms with van der Waals surface area (Å²) in [6.45, 7) is 4.63. The number of hydrogen-bond donors (Lipinski definition) is 3. The molecular weight excluding hydrogens is 774 g/mol. The molecule has 3 aliphatic heterocycles. The summed E-state index contributed by atoms with van der Waals surface area (Å²) < 4.78 is 22.3. The number of nitrogens with two attached hydrogens (primary N) is 1. The minimum absolute atomic E-state index is 0.0821. The number of nitrogens with one attached hydrogen (secondary N) is 2. The molecule has 0 bridgehead atoms. The van der Waals surface area contributed by atoms with Crippen molar-refractivity contribution in [2.24, 2.45) is 5.92 Å². The Kier molecular flexibility index (Phi) is 10.9. The van der Waals surface area contributed by atoms with Crippen molar-refractivity contribution in [3.8, 4) is 16.9 Å². The lowest BCUT2D eigenvalue weighted by Crippen LogP contribution is -2.54. The summed E-state index contributed by atoms with van der Waals surface area (Å²) in [5.41, 5.74) is 9.46. The van der Waals surface area contributed by atoms with E-state index >= 15 is 0 Å². The molecule has 57 heavy (non-hydrogen) atoms. The standard InChI is InChI=1S/C41H43Cl2FN8O5/c1-22(36-31(42)10-11-32(44)37(36)43)57-34-15-24(17-46-38(34)45)25-18-47-51(20-25)28-7-4-23(5-8-28)19-50-14-2-3-27(21-50)48-26-6-9-29-30(16-26)41(56)52(40(29)55)33-12-13-35(53)49-39(33)54/h6,9-11,15-18,20,22-23,27-28,33,48H,2-5,7-8,12-14,19,21H2,1H3,(H2,45,46)(H,49,53,54)/t22?,23?,27-,28?,33?/m0/s1. The smallest absolute Gasteiger partial charge is 0.262 e. The molecule has 5 heterocycles. The zero-order valence-electron chi connectivity index (χ0n) is 31.3. The lowest BCUT2D eigenvalue weighted by Gasteiger charge is -2.37. The maximum atomic E-state index is 14.2. The van der Waals surface area contributed by atoms with Gasteiger partial charge in [0.25, 0.3) is 11.8 Å². The second kappa shape index (κ2) is 16.1. The number of halogens is 3. The van der Waals surface area contributed by atoms with Gasteiger partial charge in [-0.1, -0.05) is 23.2 Å². The van der Waals surface area contributed by atoms with Crippen molar-refractivity contribution in [3.05, 3.63) is 87.5 Å². The normalized spacial score (nSPS) is 23.3. The minimum atomic E-state index is -0.987. The molecule has 4 aromatic rings. The number of amides is 4. The van der Waals surface area contributed by atoms with Gasteiger partial charge in [-0.25, -0.2) is 9.37 Å². The van der Waals surface area contributed by atoms with Gasteiger partial charge in [0.15, 0.2) is 11.6 Å². The van der Waals surface area contributed by atoms with E-state index in [-0.39, 0.29) is 46.9 Å². The molecule has 2 unspecified atom stereocenters. The van der Waals surface area contributed by atoms with Gasteiger partial charge in [0.05, 0.1) is 28.4 Å². The van der Waals surface area contributed by atoms with Crippen LogP contribution in [0.3, 0.4) is 0 Å². The van der Waals surface area contributed by atoms with E-state index in [9.17, 15) is 23.6 Å². The van der Waals surface area contributed by atoms with Crippen LogP contribution in [0.2, 0.25) is 10.0 Å². The number of fused-ring (bicyclic) bond motifs is 1. The van der Waals surface area contributed by atoms with Crippen LogP contribution >= 0.6 is 23.2 Å². The fourth-order valence-corrected chi connectivity index (χ4v) is 9.33. The third kappa shape index (κ3) is 7.95. The van der Waals surface area contributed by atoms with Gasteiger partial charge in [-0.2, -0.15) is 5.10 Å². The lowest BCUT2D eigenvalue weighted by atomic mass is 9.85. The van der Waals surface area contributed by atoms with Gasteiger partial charge < -0.3 is 20.7 Å². The van der Waals surface area contributed by atoms with E-state index in [1.807, 2.05) is 23.1 Å². The number of anilines is 2. The van der Waals surface area contributed by atoms with Crippen molar-refractivity contribution in [1.29, 1.82) is 0 Å². The highest BCUT2D eigenvalue weighted by Crippen LogP contribution is 2.38. The van der Waals surface area contributed by atoms with Gasteiger partial charge in [-0.15, -0.1) is 0 Å². The van der Waals surface area contributed by atoms with Crippen molar-refractivity contribution in [2.75, 3.05) is 30.7 Å².